The van der Waals surface area contributed by atoms with E-state index in [0.29, 0.717) is 22.1 Å². The normalized spacial score (nSPS) is 13.9. The Morgan fingerprint density at radius 2 is 1.61 bits per heavy atom. The fraction of sp³-hybridized carbons (Fsp3) is 0.231. The van der Waals surface area contributed by atoms with E-state index >= 15 is 0 Å². The number of aryl methyl sites for hydroxylation is 1. The number of anilines is 3. The summed E-state index contributed by atoms with van der Waals surface area (Å²) < 4.78 is 0. The molecule has 7 heteroatoms. The average Bonchev–Trinajstić information content (AvgIpc) is 2.83. The first-order valence-corrected chi connectivity index (χ1v) is 12.4. The summed E-state index contributed by atoms with van der Waals surface area (Å²) in [6.45, 7) is 1.90. The van der Waals surface area contributed by atoms with Gasteiger partial charge in [-0.25, -0.2) is 4.79 Å². The highest BCUT2D eigenvalue weighted by Gasteiger charge is 2.22. The van der Waals surface area contributed by atoms with Gasteiger partial charge in [-0.3, -0.25) is 4.79 Å². The molecule has 0 radical (unpaired) electrons. The molecule has 0 spiro atoms. The van der Waals surface area contributed by atoms with Crippen molar-refractivity contribution < 1.29 is 9.59 Å². The van der Waals surface area contributed by atoms with E-state index in [4.69, 9.17) is 11.6 Å². The Hall–Kier alpha value is -2.96. The van der Waals surface area contributed by atoms with Crippen LogP contribution in [-0.2, 0) is 4.79 Å². The summed E-state index contributed by atoms with van der Waals surface area (Å²) in [6, 6.07) is 20.4. The fourth-order valence-electron chi connectivity index (χ4n) is 3.80. The SMILES string of the molecule is Cc1ccc(Cl)cc1NC(=O)Nc1cc(NC(=O)C2CCSCC2)ccc1-c1ccccc1. The minimum atomic E-state index is -0.384. The molecule has 33 heavy (non-hydrogen) atoms. The molecule has 0 atom stereocenters. The molecule has 1 aliphatic heterocycles. The van der Waals surface area contributed by atoms with Crippen molar-refractivity contribution in [2.45, 2.75) is 19.8 Å². The molecule has 170 valence electrons. The lowest BCUT2D eigenvalue weighted by Gasteiger charge is -2.21. The van der Waals surface area contributed by atoms with Crippen molar-refractivity contribution in [3.8, 4) is 11.1 Å². The molecule has 0 unspecified atom stereocenters. The van der Waals surface area contributed by atoms with Gasteiger partial charge in [0.05, 0.1) is 5.69 Å². The van der Waals surface area contributed by atoms with E-state index in [9.17, 15) is 9.59 Å². The van der Waals surface area contributed by atoms with Gasteiger partial charge in [-0.15, -0.1) is 0 Å². The Kier molecular flexibility index (Phi) is 7.57. The fourth-order valence-corrected chi connectivity index (χ4v) is 5.08. The maximum Gasteiger partial charge on any atom is 0.323 e. The first kappa shape index (κ1) is 23.2. The van der Waals surface area contributed by atoms with Crippen LogP contribution in [0, 0.1) is 12.8 Å². The van der Waals surface area contributed by atoms with Crippen LogP contribution in [0.1, 0.15) is 18.4 Å². The van der Waals surface area contributed by atoms with Crippen LogP contribution < -0.4 is 16.0 Å². The lowest BCUT2D eigenvalue weighted by molar-refractivity contribution is -0.120. The van der Waals surface area contributed by atoms with Crippen LogP contribution >= 0.6 is 23.4 Å². The largest absolute Gasteiger partial charge is 0.326 e. The second-order valence-electron chi connectivity index (χ2n) is 8.04. The first-order chi connectivity index (χ1) is 16.0. The van der Waals surface area contributed by atoms with E-state index < -0.39 is 0 Å². The molecule has 0 bridgehead atoms. The molecular weight excluding hydrogens is 454 g/mol. The molecule has 3 amide bonds. The van der Waals surface area contributed by atoms with E-state index in [0.717, 1.165) is 41.0 Å². The third-order valence-electron chi connectivity index (χ3n) is 5.66. The summed E-state index contributed by atoms with van der Waals surface area (Å²) in [4.78, 5) is 25.6. The number of urea groups is 1. The van der Waals surface area contributed by atoms with Gasteiger partial charge in [0, 0.05) is 27.9 Å². The molecule has 3 aromatic rings. The predicted molar refractivity (Wildman–Crippen MR) is 139 cm³/mol. The van der Waals surface area contributed by atoms with Gasteiger partial charge < -0.3 is 16.0 Å². The van der Waals surface area contributed by atoms with Crippen molar-refractivity contribution in [1.29, 1.82) is 0 Å². The number of carbonyl (C=O) groups is 2. The highest BCUT2D eigenvalue weighted by Crippen LogP contribution is 2.32. The third kappa shape index (κ3) is 6.09. The lowest BCUT2D eigenvalue weighted by atomic mass is 10.0. The number of amides is 3. The second kappa shape index (κ2) is 10.8. The second-order valence-corrected chi connectivity index (χ2v) is 9.70. The summed E-state index contributed by atoms with van der Waals surface area (Å²) >= 11 is 7.98. The van der Waals surface area contributed by atoms with E-state index in [1.54, 1.807) is 12.1 Å². The topological polar surface area (TPSA) is 70.2 Å². The third-order valence-corrected chi connectivity index (χ3v) is 6.94. The Balaban J connectivity index is 1.57. The van der Waals surface area contributed by atoms with Crippen molar-refractivity contribution in [1.82, 2.24) is 0 Å². The molecule has 5 nitrogen and oxygen atoms in total. The van der Waals surface area contributed by atoms with Crippen molar-refractivity contribution in [2.24, 2.45) is 5.92 Å². The van der Waals surface area contributed by atoms with Crippen LogP contribution in [-0.4, -0.2) is 23.4 Å². The zero-order chi connectivity index (χ0) is 23.2. The van der Waals surface area contributed by atoms with Crippen molar-refractivity contribution >= 4 is 52.4 Å². The van der Waals surface area contributed by atoms with Crippen LogP contribution in [0.4, 0.5) is 21.9 Å². The lowest BCUT2D eigenvalue weighted by Crippen LogP contribution is -2.26. The number of rotatable bonds is 5. The number of halogens is 1. The Labute approximate surface area is 203 Å². The zero-order valence-electron chi connectivity index (χ0n) is 18.4. The average molecular weight is 480 g/mol. The number of thioether (sulfide) groups is 1. The van der Waals surface area contributed by atoms with Crippen molar-refractivity contribution in [3.05, 3.63) is 77.3 Å². The van der Waals surface area contributed by atoms with Gasteiger partial charge >= 0.3 is 6.03 Å². The smallest absolute Gasteiger partial charge is 0.323 e. The van der Waals surface area contributed by atoms with E-state index in [1.807, 2.05) is 73.3 Å². The molecule has 1 heterocycles. The quantitative estimate of drug-likeness (QED) is 0.367. The summed E-state index contributed by atoms with van der Waals surface area (Å²) in [5, 5.41) is 9.40. The molecule has 3 N–H and O–H groups in total. The zero-order valence-corrected chi connectivity index (χ0v) is 19.9. The molecule has 3 aromatic carbocycles. The Morgan fingerprint density at radius 1 is 0.879 bits per heavy atom. The summed E-state index contributed by atoms with van der Waals surface area (Å²) in [5.74, 6) is 2.10. The molecule has 0 saturated carbocycles. The van der Waals surface area contributed by atoms with Crippen LogP contribution in [0.3, 0.4) is 0 Å². The summed E-state index contributed by atoms with van der Waals surface area (Å²) in [7, 11) is 0. The van der Waals surface area contributed by atoms with Gasteiger partial charge in [0.1, 0.15) is 0 Å². The highest BCUT2D eigenvalue weighted by atomic mass is 35.5. The van der Waals surface area contributed by atoms with Crippen molar-refractivity contribution in [3.63, 3.8) is 0 Å². The monoisotopic (exact) mass is 479 g/mol. The number of carbonyl (C=O) groups excluding carboxylic acids is 2. The van der Waals surface area contributed by atoms with Crippen LogP contribution in [0.5, 0.6) is 0 Å². The molecule has 1 saturated heterocycles. The van der Waals surface area contributed by atoms with Crippen LogP contribution in [0.25, 0.3) is 11.1 Å². The molecular formula is C26H26ClN3O2S. The summed E-state index contributed by atoms with van der Waals surface area (Å²) in [5.41, 5.74) is 4.64. The van der Waals surface area contributed by atoms with E-state index in [2.05, 4.69) is 16.0 Å². The molecule has 1 fully saturated rings. The molecule has 0 aromatic heterocycles. The number of hydrogen-bond donors (Lipinski definition) is 3. The number of benzene rings is 3. The Morgan fingerprint density at radius 3 is 2.36 bits per heavy atom. The minimum Gasteiger partial charge on any atom is -0.326 e. The maximum atomic E-state index is 12.9. The van der Waals surface area contributed by atoms with Gasteiger partial charge in [0.15, 0.2) is 0 Å². The van der Waals surface area contributed by atoms with Gasteiger partial charge in [-0.1, -0.05) is 54.1 Å². The first-order valence-electron chi connectivity index (χ1n) is 10.9. The van der Waals surface area contributed by atoms with Crippen LogP contribution in [0.15, 0.2) is 66.7 Å². The molecule has 1 aliphatic rings. The van der Waals surface area contributed by atoms with Gasteiger partial charge in [0.25, 0.3) is 0 Å². The highest BCUT2D eigenvalue weighted by molar-refractivity contribution is 7.99. The van der Waals surface area contributed by atoms with Gasteiger partial charge in [0.2, 0.25) is 5.91 Å². The van der Waals surface area contributed by atoms with Crippen molar-refractivity contribution in [2.75, 3.05) is 27.5 Å². The summed E-state index contributed by atoms with van der Waals surface area (Å²) in [6.07, 6.45) is 1.79. The Bertz CT molecular complexity index is 1150. The van der Waals surface area contributed by atoms with Crippen LogP contribution in [0.2, 0.25) is 5.02 Å². The standard InChI is InChI=1S/C26H26ClN3O2S/c1-17-7-8-20(27)15-23(17)29-26(32)30-24-16-21(28-25(31)19-11-13-33-14-12-19)9-10-22(24)18-5-3-2-4-6-18/h2-10,15-16,19H,11-14H2,1H3,(H,28,31)(H2,29,30,32). The number of hydrogen-bond acceptors (Lipinski definition) is 3. The molecule has 0 aliphatic carbocycles. The minimum absolute atomic E-state index is 0.0329. The number of nitrogens with one attached hydrogen (secondary N) is 3. The maximum absolute atomic E-state index is 12.9. The predicted octanol–water partition coefficient (Wildman–Crippen LogP) is 7.04. The van der Waals surface area contributed by atoms with Gasteiger partial charge in [-0.05, 0) is 66.7 Å². The van der Waals surface area contributed by atoms with E-state index in [1.165, 1.54) is 0 Å². The van der Waals surface area contributed by atoms with E-state index in [-0.39, 0.29) is 17.9 Å². The van der Waals surface area contributed by atoms with Gasteiger partial charge in [-0.2, -0.15) is 11.8 Å². The molecule has 4 rings (SSSR count).